The molecule has 2 amide bonds. The number of fused-ring (bicyclic) bond motifs is 1. The second-order valence-corrected chi connectivity index (χ2v) is 13.7. The largest absolute Gasteiger partial charge is 0.507 e. The number of nitrogens with zero attached hydrogens (tertiary/aromatic N) is 1. The second kappa shape index (κ2) is 14.1. The molecule has 3 aliphatic rings. The highest BCUT2D eigenvalue weighted by atomic mass is 32.1. The van der Waals surface area contributed by atoms with E-state index in [0.717, 1.165) is 54.5 Å². The number of carbonyl (C=O) groups excluding carboxylic acids is 2. The standard InChI is InChI=1S/C36H44N2O6S/c1-5-6-7-9-23-17-29(39)32(27-16-22(4)11-13-26(27)21(2)3)30(18-23)44-20-24-12-14-28-33(35(41)38(28)34(24)36(42)43)37-31(40)19-25-10-8-15-45-25/h8,10,15-18,26-28,33,39H,2,5-7,9,11-14,19-20H2,1,3-4H3,(H,37,40)(H,42,43)/t26-,27+,28+,33-/m0/s1. The summed E-state index contributed by atoms with van der Waals surface area (Å²) in [6, 6.07) is 6.42. The van der Waals surface area contributed by atoms with Gasteiger partial charge in [-0.25, -0.2) is 4.79 Å². The third kappa shape index (κ3) is 7.03. The zero-order valence-electron chi connectivity index (χ0n) is 26.4. The molecule has 4 atom stereocenters. The van der Waals surface area contributed by atoms with Crippen LogP contribution >= 0.6 is 11.3 Å². The van der Waals surface area contributed by atoms with Crippen molar-refractivity contribution in [1.82, 2.24) is 10.2 Å². The first-order valence-corrected chi connectivity index (χ1v) is 16.9. The molecule has 0 saturated carbocycles. The van der Waals surface area contributed by atoms with Gasteiger partial charge in [0.05, 0.1) is 12.5 Å². The van der Waals surface area contributed by atoms with Crippen molar-refractivity contribution in [2.45, 2.75) is 96.6 Å². The Morgan fingerprint density at radius 3 is 2.69 bits per heavy atom. The molecule has 1 saturated heterocycles. The van der Waals surface area contributed by atoms with Gasteiger partial charge in [-0.15, -0.1) is 11.3 Å². The molecule has 8 nitrogen and oxygen atoms in total. The Morgan fingerprint density at radius 1 is 1.20 bits per heavy atom. The summed E-state index contributed by atoms with van der Waals surface area (Å²) in [7, 11) is 0. The number of nitrogens with one attached hydrogen (secondary N) is 1. The molecule has 2 aliphatic heterocycles. The Labute approximate surface area is 269 Å². The number of aromatic hydroxyl groups is 1. The van der Waals surface area contributed by atoms with Gasteiger partial charge >= 0.3 is 5.97 Å². The maximum Gasteiger partial charge on any atom is 0.352 e. The summed E-state index contributed by atoms with van der Waals surface area (Å²) in [5.74, 6) is -1.13. The van der Waals surface area contributed by atoms with Gasteiger partial charge in [-0.1, -0.05) is 49.6 Å². The summed E-state index contributed by atoms with van der Waals surface area (Å²) in [6.07, 6.45) is 9.16. The zero-order valence-corrected chi connectivity index (χ0v) is 27.3. The number of β-lactam (4-membered cyclic amide) rings is 1. The van der Waals surface area contributed by atoms with E-state index in [1.54, 1.807) is 0 Å². The quantitative estimate of drug-likeness (QED) is 0.129. The number of phenolic OH excluding ortho intramolecular Hbond substituents is 1. The molecule has 1 fully saturated rings. The van der Waals surface area contributed by atoms with Crippen LogP contribution in [0.15, 0.2) is 64.7 Å². The number of allylic oxidation sites excluding steroid dienone is 3. The van der Waals surface area contributed by atoms with E-state index in [9.17, 15) is 24.6 Å². The summed E-state index contributed by atoms with van der Waals surface area (Å²) in [4.78, 5) is 40.5. The fraction of sp³-hybridized carbons (Fsp3) is 0.472. The normalized spacial score (nSPS) is 22.8. The van der Waals surface area contributed by atoms with E-state index >= 15 is 0 Å². The minimum atomic E-state index is -1.19. The van der Waals surface area contributed by atoms with Crippen LogP contribution in [0.5, 0.6) is 11.5 Å². The van der Waals surface area contributed by atoms with Gasteiger partial charge in [0.2, 0.25) is 5.91 Å². The summed E-state index contributed by atoms with van der Waals surface area (Å²) >= 11 is 1.48. The van der Waals surface area contributed by atoms with Crippen molar-refractivity contribution in [3.8, 4) is 11.5 Å². The first kappa shape index (κ1) is 32.5. The van der Waals surface area contributed by atoms with E-state index in [1.165, 1.54) is 21.8 Å². The monoisotopic (exact) mass is 632 g/mol. The number of hydrogen-bond donors (Lipinski definition) is 3. The van der Waals surface area contributed by atoms with Gasteiger partial charge < -0.3 is 20.3 Å². The van der Waals surface area contributed by atoms with Gasteiger partial charge in [0.1, 0.15) is 29.8 Å². The average Bonchev–Trinajstić information content (AvgIpc) is 3.51. The fourth-order valence-corrected chi connectivity index (χ4v) is 7.70. The third-order valence-electron chi connectivity index (χ3n) is 9.34. The Kier molecular flexibility index (Phi) is 10.2. The van der Waals surface area contributed by atoms with Crippen LogP contribution in [-0.2, 0) is 27.2 Å². The number of carboxylic acid groups (broad SMARTS) is 1. The molecule has 3 N–H and O–H groups in total. The van der Waals surface area contributed by atoms with Crippen LogP contribution in [-0.4, -0.2) is 51.6 Å². The van der Waals surface area contributed by atoms with E-state index in [4.69, 9.17) is 4.74 Å². The Hall–Kier alpha value is -3.85. The molecular formula is C36H44N2O6S. The number of rotatable bonds is 13. The number of ether oxygens (including phenoxy) is 1. The van der Waals surface area contributed by atoms with E-state index < -0.39 is 24.0 Å². The van der Waals surface area contributed by atoms with Crippen molar-refractivity contribution in [3.05, 3.63) is 80.7 Å². The lowest BCUT2D eigenvalue weighted by molar-refractivity contribution is -0.156. The molecule has 1 aromatic carbocycles. The van der Waals surface area contributed by atoms with Crippen molar-refractivity contribution in [3.63, 3.8) is 0 Å². The van der Waals surface area contributed by atoms with Crippen LogP contribution in [0.3, 0.4) is 0 Å². The van der Waals surface area contributed by atoms with Gasteiger partial charge in [0.15, 0.2) is 0 Å². The topological polar surface area (TPSA) is 116 Å². The lowest BCUT2D eigenvalue weighted by atomic mass is 9.73. The highest BCUT2D eigenvalue weighted by Gasteiger charge is 2.53. The van der Waals surface area contributed by atoms with Crippen LogP contribution in [0.1, 0.15) is 87.6 Å². The first-order valence-electron chi connectivity index (χ1n) is 16.0. The molecule has 1 aromatic heterocycles. The highest BCUT2D eigenvalue weighted by molar-refractivity contribution is 7.10. The molecular weight excluding hydrogens is 588 g/mol. The SMILES string of the molecule is C=C(C)[C@@H]1CCC(C)=C[C@H]1c1c(O)cc(CCCCC)cc1OCC1=C(C(=O)O)N2C(=O)[C@@H](NC(=O)Cc3cccs3)[C@H]2CC1. The molecule has 1 aliphatic carbocycles. The minimum absolute atomic E-state index is 0.0223. The molecule has 2 aromatic rings. The van der Waals surface area contributed by atoms with Gasteiger partial charge in [0, 0.05) is 16.4 Å². The number of carboxylic acids is 1. The van der Waals surface area contributed by atoms with Crippen LogP contribution in [0.2, 0.25) is 0 Å². The number of hydrogen-bond acceptors (Lipinski definition) is 6. The molecule has 9 heteroatoms. The smallest absolute Gasteiger partial charge is 0.352 e. The number of amides is 2. The molecule has 0 spiro atoms. The maximum atomic E-state index is 13.2. The Bertz CT molecular complexity index is 1520. The van der Waals surface area contributed by atoms with Gasteiger partial charge in [-0.2, -0.15) is 0 Å². The third-order valence-corrected chi connectivity index (χ3v) is 10.2. The fourth-order valence-electron chi connectivity index (χ4n) is 6.99. The van der Waals surface area contributed by atoms with Gasteiger partial charge in [0.25, 0.3) is 5.91 Å². The molecule has 0 bridgehead atoms. The Balaban J connectivity index is 1.40. The highest BCUT2D eigenvalue weighted by Crippen LogP contribution is 2.47. The molecule has 240 valence electrons. The number of aliphatic carboxylic acids is 1. The van der Waals surface area contributed by atoms with Crippen LogP contribution in [0, 0.1) is 5.92 Å². The zero-order chi connectivity index (χ0) is 32.2. The Morgan fingerprint density at radius 2 is 2.00 bits per heavy atom. The van der Waals surface area contributed by atoms with E-state index in [-0.39, 0.29) is 42.2 Å². The number of phenols is 1. The summed E-state index contributed by atoms with van der Waals surface area (Å²) in [6.45, 7) is 10.5. The van der Waals surface area contributed by atoms with E-state index in [0.29, 0.717) is 29.7 Å². The van der Waals surface area contributed by atoms with Gasteiger partial charge in [-0.3, -0.25) is 14.5 Å². The maximum absolute atomic E-state index is 13.2. The predicted octanol–water partition coefficient (Wildman–Crippen LogP) is 6.65. The van der Waals surface area contributed by atoms with Crippen LogP contribution in [0.25, 0.3) is 0 Å². The minimum Gasteiger partial charge on any atom is -0.507 e. The number of thiophene rings is 1. The van der Waals surface area contributed by atoms with Crippen molar-refractivity contribution < 1.29 is 29.3 Å². The number of carbonyl (C=O) groups is 3. The van der Waals surface area contributed by atoms with E-state index in [2.05, 4.69) is 31.8 Å². The lowest BCUT2D eigenvalue weighted by Gasteiger charge is -2.50. The number of benzene rings is 1. The molecule has 3 heterocycles. The van der Waals surface area contributed by atoms with Crippen molar-refractivity contribution >= 4 is 29.1 Å². The molecule has 0 unspecified atom stereocenters. The van der Waals surface area contributed by atoms with Crippen LogP contribution < -0.4 is 10.1 Å². The number of unbranched alkanes of at least 4 members (excludes halogenated alkanes) is 2. The second-order valence-electron chi connectivity index (χ2n) is 12.7. The average molecular weight is 633 g/mol. The molecule has 5 rings (SSSR count). The van der Waals surface area contributed by atoms with E-state index in [1.807, 2.05) is 36.6 Å². The van der Waals surface area contributed by atoms with Crippen molar-refractivity contribution in [2.24, 2.45) is 5.92 Å². The van der Waals surface area contributed by atoms with Crippen LogP contribution in [0.4, 0.5) is 0 Å². The first-order chi connectivity index (χ1) is 21.6. The molecule has 0 radical (unpaired) electrons. The van der Waals surface area contributed by atoms with Gasteiger partial charge in [-0.05, 0) is 93.0 Å². The van der Waals surface area contributed by atoms with Crippen molar-refractivity contribution in [1.29, 1.82) is 0 Å². The summed E-state index contributed by atoms with van der Waals surface area (Å²) in [5.41, 5.74) is 4.41. The summed E-state index contributed by atoms with van der Waals surface area (Å²) in [5, 5.41) is 26.4. The molecule has 45 heavy (non-hydrogen) atoms. The van der Waals surface area contributed by atoms with Crippen molar-refractivity contribution in [2.75, 3.05) is 6.61 Å². The summed E-state index contributed by atoms with van der Waals surface area (Å²) < 4.78 is 6.45. The lowest BCUT2D eigenvalue weighted by Crippen LogP contribution is -2.71. The number of aryl methyl sites for hydroxylation is 1. The predicted molar refractivity (Wildman–Crippen MR) is 175 cm³/mol.